The molecule has 0 fully saturated rings. The number of aliphatic imine (C=N–C) groups is 1. The van der Waals surface area contributed by atoms with Crippen molar-refractivity contribution in [3.63, 3.8) is 0 Å². The Labute approximate surface area is 184 Å². The van der Waals surface area contributed by atoms with Gasteiger partial charge in [-0.25, -0.2) is 4.79 Å². The Hall–Kier alpha value is -4.07. The molecule has 0 unspecified atom stereocenters. The number of aryl methyl sites for hydroxylation is 1. The summed E-state index contributed by atoms with van der Waals surface area (Å²) in [5.41, 5.74) is 2.69. The van der Waals surface area contributed by atoms with E-state index in [1.807, 2.05) is 43.3 Å². The van der Waals surface area contributed by atoms with E-state index in [1.165, 1.54) is 0 Å². The lowest BCUT2D eigenvalue weighted by atomic mass is 10.0. The number of hydrogen-bond donors (Lipinski definition) is 2. The molecule has 8 nitrogen and oxygen atoms in total. The fraction of sp³-hybridized carbons (Fsp3) is 0.208. The summed E-state index contributed by atoms with van der Waals surface area (Å²) >= 11 is 0. The number of nitrogens with one attached hydrogen (secondary N) is 1. The van der Waals surface area contributed by atoms with Gasteiger partial charge in [0.05, 0.1) is 19.9 Å². The van der Waals surface area contributed by atoms with Crippen LogP contribution < -0.4 is 20.7 Å². The van der Waals surface area contributed by atoms with Gasteiger partial charge in [-0.05, 0) is 43.2 Å². The minimum absolute atomic E-state index is 0.0122. The van der Waals surface area contributed by atoms with Crippen LogP contribution in [0.4, 0.5) is 5.69 Å². The van der Waals surface area contributed by atoms with Crippen molar-refractivity contribution in [3.8, 4) is 17.4 Å². The van der Waals surface area contributed by atoms with Crippen molar-refractivity contribution in [2.45, 2.75) is 19.9 Å². The molecule has 0 saturated carbocycles. The molecule has 164 valence electrons. The number of benzene rings is 2. The summed E-state index contributed by atoms with van der Waals surface area (Å²) in [6.45, 7) is 2.00. The van der Waals surface area contributed by atoms with E-state index in [0.717, 1.165) is 32.7 Å². The van der Waals surface area contributed by atoms with Crippen molar-refractivity contribution in [2.24, 2.45) is 4.99 Å². The first kappa shape index (κ1) is 21.2. The standard InChI is InChI=1S/C24H23N3O5/c1-14-17(16-6-4-5-7-19(16)25-14)13-18-22(28)26-24(30)27(23(18)29)11-10-15-8-9-20(31-2)21(12-15)32-3/h4-9,12-13,29H,10-11H2,1-3H3,(H,26,28,30). The fourth-order valence-corrected chi connectivity index (χ4v) is 3.75. The summed E-state index contributed by atoms with van der Waals surface area (Å²) in [4.78, 5) is 31.7. The van der Waals surface area contributed by atoms with Gasteiger partial charge in [-0.1, -0.05) is 24.3 Å². The highest BCUT2D eigenvalue weighted by atomic mass is 16.5. The highest BCUT2D eigenvalue weighted by molar-refractivity contribution is 6.31. The zero-order chi connectivity index (χ0) is 22.8. The van der Waals surface area contributed by atoms with Crippen LogP contribution in [0.15, 0.2) is 57.0 Å². The minimum atomic E-state index is -0.674. The molecule has 0 saturated heterocycles. The van der Waals surface area contributed by atoms with Crippen LogP contribution in [0.1, 0.15) is 23.6 Å². The van der Waals surface area contributed by atoms with Gasteiger partial charge in [-0.2, -0.15) is 0 Å². The smallest absolute Gasteiger partial charge is 0.331 e. The van der Waals surface area contributed by atoms with Crippen molar-refractivity contribution < 1.29 is 14.6 Å². The quantitative estimate of drug-likeness (QED) is 0.621. The van der Waals surface area contributed by atoms with Crippen LogP contribution in [0.25, 0.3) is 11.6 Å². The van der Waals surface area contributed by atoms with E-state index in [0.29, 0.717) is 17.9 Å². The highest BCUT2D eigenvalue weighted by Crippen LogP contribution is 2.36. The topological polar surface area (TPSA) is 106 Å². The second kappa shape index (κ2) is 8.58. The molecule has 0 amide bonds. The molecule has 4 rings (SSSR count). The fourth-order valence-electron chi connectivity index (χ4n) is 3.75. The Morgan fingerprint density at radius 3 is 2.59 bits per heavy atom. The van der Waals surface area contributed by atoms with Crippen LogP contribution in [0, 0.1) is 0 Å². The van der Waals surface area contributed by atoms with E-state index in [9.17, 15) is 14.7 Å². The average Bonchev–Trinajstić information content (AvgIpc) is 3.10. The lowest BCUT2D eigenvalue weighted by molar-refractivity contribution is 0.354. The monoisotopic (exact) mass is 433 g/mol. The molecule has 1 aliphatic rings. The zero-order valence-corrected chi connectivity index (χ0v) is 18.0. The minimum Gasteiger partial charge on any atom is -0.494 e. The molecule has 32 heavy (non-hydrogen) atoms. The Kier molecular flexibility index (Phi) is 5.68. The number of aromatic hydroxyl groups is 1. The number of H-pyrrole nitrogens is 1. The van der Waals surface area contributed by atoms with E-state index < -0.39 is 11.2 Å². The van der Waals surface area contributed by atoms with Gasteiger partial charge in [0.2, 0.25) is 5.88 Å². The predicted octanol–water partition coefficient (Wildman–Crippen LogP) is 3.15. The summed E-state index contributed by atoms with van der Waals surface area (Å²) < 4.78 is 11.7. The predicted molar refractivity (Wildman–Crippen MR) is 123 cm³/mol. The number of aromatic nitrogens is 2. The Morgan fingerprint density at radius 1 is 1.09 bits per heavy atom. The van der Waals surface area contributed by atoms with Crippen LogP contribution in [0.3, 0.4) is 0 Å². The van der Waals surface area contributed by atoms with Gasteiger partial charge in [-0.3, -0.25) is 19.3 Å². The van der Waals surface area contributed by atoms with E-state index in [2.05, 4.69) is 9.98 Å². The number of ether oxygens (including phenoxy) is 2. The maximum atomic E-state index is 12.5. The van der Waals surface area contributed by atoms with Crippen molar-refractivity contribution in [1.29, 1.82) is 0 Å². The second-order valence-electron chi connectivity index (χ2n) is 7.36. The maximum absolute atomic E-state index is 12.5. The third-order valence-electron chi connectivity index (χ3n) is 5.44. The third kappa shape index (κ3) is 3.82. The third-order valence-corrected chi connectivity index (χ3v) is 5.44. The molecule has 0 bridgehead atoms. The van der Waals surface area contributed by atoms with Crippen LogP contribution in [-0.2, 0) is 13.0 Å². The van der Waals surface area contributed by atoms with Crippen LogP contribution in [0.5, 0.6) is 17.4 Å². The maximum Gasteiger partial charge on any atom is 0.331 e. The Balaban J connectivity index is 1.69. The molecule has 1 aliphatic heterocycles. The van der Waals surface area contributed by atoms with Crippen LogP contribution in [-0.4, -0.2) is 34.6 Å². The molecular formula is C24H23N3O5. The normalized spacial score (nSPS) is 13.7. The summed E-state index contributed by atoms with van der Waals surface area (Å²) in [6.07, 6.45) is 2.00. The largest absolute Gasteiger partial charge is 0.494 e. The first-order chi connectivity index (χ1) is 15.4. The second-order valence-corrected chi connectivity index (χ2v) is 7.36. The summed E-state index contributed by atoms with van der Waals surface area (Å²) in [6, 6.07) is 13.0. The van der Waals surface area contributed by atoms with Gasteiger partial charge >= 0.3 is 5.69 Å². The SMILES string of the molecule is COc1ccc(CCn2c(O)c(C=C3C(C)=Nc4ccccc43)c(=O)[nH]c2=O)cc1OC. The van der Waals surface area contributed by atoms with Gasteiger partial charge in [-0.15, -0.1) is 0 Å². The molecule has 8 heteroatoms. The zero-order valence-electron chi connectivity index (χ0n) is 18.0. The first-order valence-electron chi connectivity index (χ1n) is 10.1. The number of rotatable bonds is 6. The van der Waals surface area contributed by atoms with Crippen molar-refractivity contribution in [3.05, 3.63) is 80.0 Å². The average molecular weight is 433 g/mol. The summed E-state index contributed by atoms with van der Waals surface area (Å²) in [7, 11) is 3.10. The molecule has 1 aromatic heterocycles. The molecule has 2 N–H and O–H groups in total. The summed E-state index contributed by atoms with van der Waals surface area (Å²) in [5, 5.41) is 10.8. The molecular weight excluding hydrogens is 410 g/mol. The van der Waals surface area contributed by atoms with Gasteiger partial charge in [0.1, 0.15) is 5.56 Å². The molecule has 2 aromatic carbocycles. The Bertz CT molecular complexity index is 1360. The Morgan fingerprint density at radius 2 is 1.84 bits per heavy atom. The first-order valence-corrected chi connectivity index (χ1v) is 10.1. The molecule has 2 heterocycles. The lowest BCUT2D eigenvalue weighted by Gasteiger charge is -2.12. The van der Waals surface area contributed by atoms with Gasteiger partial charge < -0.3 is 14.6 Å². The number of hydrogen-bond acceptors (Lipinski definition) is 6. The van der Waals surface area contributed by atoms with Crippen molar-refractivity contribution in [2.75, 3.05) is 14.2 Å². The molecule has 0 radical (unpaired) electrons. The number of nitrogens with zero attached hydrogens (tertiary/aromatic N) is 2. The van der Waals surface area contributed by atoms with Crippen molar-refractivity contribution >= 4 is 23.0 Å². The number of fused-ring (bicyclic) bond motifs is 1. The van der Waals surface area contributed by atoms with Crippen LogP contribution in [0.2, 0.25) is 0 Å². The number of methoxy groups -OCH3 is 2. The molecule has 3 aromatic rings. The number of allylic oxidation sites excluding steroid dienone is 1. The van der Waals surface area contributed by atoms with Gasteiger partial charge in [0.25, 0.3) is 5.56 Å². The molecule has 0 spiro atoms. The van der Waals surface area contributed by atoms with E-state index in [4.69, 9.17) is 9.47 Å². The van der Waals surface area contributed by atoms with Gasteiger partial charge in [0.15, 0.2) is 11.5 Å². The highest BCUT2D eigenvalue weighted by Gasteiger charge is 2.20. The summed E-state index contributed by atoms with van der Waals surface area (Å²) in [5.74, 6) is 0.787. The molecule has 0 atom stereocenters. The lowest BCUT2D eigenvalue weighted by Crippen LogP contribution is -2.32. The van der Waals surface area contributed by atoms with Gasteiger partial charge in [0, 0.05) is 23.4 Å². The van der Waals surface area contributed by atoms with E-state index in [1.54, 1.807) is 26.4 Å². The number of para-hydroxylation sites is 1. The van der Waals surface area contributed by atoms with Crippen LogP contribution >= 0.6 is 0 Å². The molecule has 0 aliphatic carbocycles. The van der Waals surface area contributed by atoms with Crippen molar-refractivity contribution in [1.82, 2.24) is 9.55 Å². The van der Waals surface area contributed by atoms with E-state index >= 15 is 0 Å². The number of aromatic amines is 1. The van der Waals surface area contributed by atoms with E-state index in [-0.39, 0.29) is 18.0 Å².